The molecule has 0 bridgehead atoms. The maximum atomic E-state index is 10.3. The lowest BCUT2D eigenvalue weighted by Crippen LogP contribution is -2.02. The number of rotatable bonds is 3. The van der Waals surface area contributed by atoms with Gasteiger partial charge in [-0.2, -0.15) is 0 Å². The number of aliphatic hydroxyl groups is 1. The molecule has 4 heteroatoms. The molecular formula is C9H9O3P. The van der Waals surface area contributed by atoms with Crippen LogP contribution < -0.4 is 4.89 Å². The third-order valence-corrected chi connectivity index (χ3v) is 2.08. The van der Waals surface area contributed by atoms with E-state index in [0.29, 0.717) is 0 Å². The molecule has 1 aromatic carbocycles. The fraction of sp³-hybridized carbons (Fsp3) is 0.111. The largest absolute Gasteiger partial charge is 0.593 e. The van der Waals surface area contributed by atoms with Crippen molar-refractivity contribution in [2.75, 3.05) is 0 Å². The molecule has 0 radical (unpaired) electrons. The van der Waals surface area contributed by atoms with Crippen molar-refractivity contribution in [3.63, 3.8) is 0 Å². The zero-order valence-electron chi connectivity index (χ0n) is 6.83. The second-order valence-corrected chi connectivity index (χ2v) is 3.57. The number of hydrogen-bond acceptors (Lipinski definition) is 3. The Morgan fingerprint density at radius 2 is 2.00 bits per heavy atom. The van der Waals surface area contributed by atoms with Crippen LogP contribution in [0.15, 0.2) is 36.4 Å². The zero-order chi connectivity index (χ0) is 9.68. The highest BCUT2D eigenvalue weighted by atomic mass is 31.1. The van der Waals surface area contributed by atoms with Crippen LogP contribution >= 0.6 is 8.03 Å². The summed E-state index contributed by atoms with van der Waals surface area (Å²) >= 11 is 0. The summed E-state index contributed by atoms with van der Waals surface area (Å²) in [7, 11) is -2.79. The van der Waals surface area contributed by atoms with Crippen LogP contribution in [0, 0.1) is 0 Å². The first-order chi connectivity index (χ1) is 6.20. The Hall–Kier alpha value is -1.02. The van der Waals surface area contributed by atoms with Gasteiger partial charge in [0.1, 0.15) is 0 Å². The monoisotopic (exact) mass is 196 g/mol. The minimum absolute atomic E-state index is 0.860. The minimum Gasteiger partial charge on any atom is -0.593 e. The molecule has 0 fully saturated rings. The van der Waals surface area contributed by atoms with Crippen molar-refractivity contribution >= 4 is 14.1 Å². The molecule has 13 heavy (non-hydrogen) atoms. The Kier molecular flexibility index (Phi) is 3.77. The molecule has 2 atom stereocenters. The van der Waals surface area contributed by atoms with Crippen LogP contribution in [0.4, 0.5) is 0 Å². The van der Waals surface area contributed by atoms with Crippen molar-refractivity contribution < 1.29 is 14.6 Å². The highest BCUT2D eigenvalue weighted by molar-refractivity contribution is 7.37. The molecule has 68 valence electrons. The lowest BCUT2D eigenvalue weighted by atomic mass is 10.2. The molecule has 0 saturated heterocycles. The fourth-order valence-electron chi connectivity index (χ4n) is 0.832. The third-order valence-electron chi connectivity index (χ3n) is 1.48. The predicted octanol–water partition coefficient (Wildman–Crippen LogP) is 1.12. The Morgan fingerprint density at radius 1 is 1.38 bits per heavy atom. The van der Waals surface area contributed by atoms with Crippen molar-refractivity contribution in [1.29, 1.82) is 0 Å². The van der Waals surface area contributed by atoms with Gasteiger partial charge in [0.05, 0.1) is 0 Å². The van der Waals surface area contributed by atoms with Gasteiger partial charge in [0.25, 0.3) is 5.85 Å². The van der Waals surface area contributed by atoms with Crippen LogP contribution in [-0.4, -0.2) is 11.0 Å². The van der Waals surface area contributed by atoms with Crippen molar-refractivity contribution in [1.82, 2.24) is 0 Å². The third kappa shape index (κ3) is 3.47. The second-order valence-electron chi connectivity index (χ2n) is 2.47. The number of aliphatic hydroxyl groups excluding tert-OH is 1. The van der Waals surface area contributed by atoms with E-state index in [1.807, 2.05) is 30.3 Å². The summed E-state index contributed by atoms with van der Waals surface area (Å²) in [5, 5.41) is 8.90. The standard InChI is InChI=1S/C9H9O3P/c10-9(13(11)12)7-6-8-4-2-1-3-5-8/h1-7,9-10H/b7-6+. The number of benzene rings is 1. The molecule has 0 spiro atoms. The summed E-state index contributed by atoms with van der Waals surface area (Å²) in [5.74, 6) is -1.39. The van der Waals surface area contributed by atoms with Crippen molar-refractivity contribution in [3.05, 3.63) is 42.0 Å². The second kappa shape index (κ2) is 4.87. The van der Waals surface area contributed by atoms with Crippen LogP contribution in [0.25, 0.3) is 6.08 Å². The molecule has 0 aliphatic rings. The molecule has 0 aliphatic carbocycles. The first-order valence-corrected chi connectivity index (χ1v) is 4.99. The average molecular weight is 196 g/mol. The van der Waals surface area contributed by atoms with Gasteiger partial charge in [-0.1, -0.05) is 41.0 Å². The molecule has 3 nitrogen and oxygen atoms in total. The topological polar surface area (TPSA) is 60.4 Å². The van der Waals surface area contributed by atoms with Gasteiger partial charge in [-0.3, -0.25) is 0 Å². The summed E-state index contributed by atoms with van der Waals surface area (Å²) in [6, 6.07) is 9.18. The normalized spacial score (nSPS) is 14.5. The summed E-state index contributed by atoms with van der Waals surface area (Å²) in [5.41, 5.74) is 0.860. The van der Waals surface area contributed by atoms with E-state index in [2.05, 4.69) is 0 Å². The summed E-state index contributed by atoms with van der Waals surface area (Å²) < 4.78 is 10.3. The Balaban J connectivity index is 2.64. The first-order valence-electron chi connectivity index (χ1n) is 3.75. The van der Waals surface area contributed by atoms with Crippen LogP contribution in [0.1, 0.15) is 5.56 Å². The molecular weight excluding hydrogens is 187 g/mol. The summed E-state index contributed by atoms with van der Waals surface area (Å²) in [4.78, 5) is 10.3. The zero-order valence-corrected chi connectivity index (χ0v) is 7.72. The van der Waals surface area contributed by atoms with E-state index in [1.165, 1.54) is 6.08 Å². The van der Waals surface area contributed by atoms with E-state index in [-0.39, 0.29) is 0 Å². The lowest BCUT2D eigenvalue weighted by Gasteiger charge is -1.93. The van der Waals surface area contributed by atoms with Crippen molar-refractivity contribution in [2.24, 2.45) is 0 Å². The van der Waals surface area contributed by atoms with Gasteiger partial charge in [0.15, 0.2) is 0 Å². The van der Waals surface area contributed by atoms with Crippen LogP contribution in [-0.2, 0) is 4.57 Å². The van der Waals surface area contributed by atoms with Crippen molar-refractivity contribution in [3.8, 4) is 0 Å². The molecule has 1 rings (SSSR count). The van der Waals surface area contributed by atoms with E-state index in [9.17, 15) is 9.46 Å². The van der Waals surface area contributed by atoms with E-state index < -0.39 is 13.9 Å². The van der Waals surface area contributed by atoms with Crippen LogP contribution in [0.2, 0.25) is 0 Å². The quantitative estimate of drug-likeness (QED) is 0.737. The molecule has 1 aromatic rings. The molecule has 1 N–H and O–H groups in total. The molecule has 0 saturated carbocycles. The highest BCUT2D eigenvalue weighted by Crippen LogP contribution is 2.16. The van der Waals surface area contributed by atoms with Gasteiger partial charge >= 0.3 is 8.03 Å². The van der Waals surface area contributed by atoms with E-state index in [0.717, 1.165) is 5.56 Å². The van der Waals surface area contributed by atoms with Gasteiger partial charge in [-0.05, 0) is 11.6 Å². The minimum atomic E-state index is -2.79. The summed E-state index contributed by atoms with van der Waals surface area (Å²) in [6.45, 7) is 0. The van der Waals surface area contributed by atoms with Gasteiger partial charge in [-0.25, -0.2) is 0 Å². The van der Waals surface area contributed by atoms with Gasteiger partial charge in [0, 0.05) is 0 Å². The lowest BCUT2D eigenvalue weighted by molar-refractivity contribution is -0.170. The van der Waals surface area contributed by atoms with Gasteiger partial charge < -0.3 is 10.00 Å². The van der Waals surface area contributed by atoms with Crippen LogP contribution in [0.5, 0.6) is 0 Å². The van der Waals surface area contributed by atoms with E-state index in [1.54, 1.807) is 6.08 Å². The maximum Gasteiger partial charge on any atom is 0.345 e. The van der Waals surface area contributed by atoms with E-state index in [4.69, 9.17) is 5.11 Å². The highest BCUT2D eigenvalue weighted by Gasteiger charge is 2.11. The SMILES string of the molecule is O=[P+]([O-])C(O)/C=C/c1ccccc1. The van der Waals surface area contributed by atoms with Crippen molar-refractivity contribution in [2.45, 2.75) is 5.85 Å². The first kappa shape index (κ1) is 10.1. The van der Waals surface area contributed by atoms with Gasteiger partial charge in [-0.15, -0.1) is 0 Å². The Morgan fingerprint density at radius 3 is 2.54 bits per heavy atom. The summed E-state index contributed by atoms with van der Waals surface area (Å²) in [6.07, 6.45) is 2.80. The number of hydrogen-bond donors (Lipinski definition) is 1. The van der Waals surface area contributed by atoms with Gasteiger partial charge in [0.2, 0.25) is 0 Å². The predicted molar refractivity (Wildman–Crippen MR) is 49.1 cm³/mol. The molecule has 0 aliphatic heterocycles. The maximum absolute atomic E-state index is 10.3. The Bertz CT molecular complexity index is 308. The van der Waals surface area contributed by atoms with Crippen LogP contribution in [0.3, 0.4) is 0 Å². The molecule has 2 unspecified atom stereocenters. The fourth-order valence-corrected chi connectivity index (χ4v) is 1.06. The average Bonchev–Trinajstić information content (AvgIpc) is 2.15. The smallest absolute Gasteiger partial charge is 0.345 e. The molecule has 0 heterocycles. The molecule has 0 aromatic heterocycles. The molecule has 0 amide bonds. The Labute approximate surface area is 77.2 Å². The van der Waals surface area contributed by atoms with E-state index >= 15 is 0 Å².